The SMILES string of the molecule is CC1C=CC2(C)C3=C1C(C)C1=C4B(c5ccccc5N(c5c2sc2ccccc52)C43C)c2ccccc2S1(c1ccccc1)c1ccccc1. The van der Waals surface area contributed by atoms with Gasteiger partial charge in [0.1, 0.15) is 0 Å². The summed E-state index contributed by atoms with van der Waals surface area (Å²) in [5.41, 5.74) is 9.97. The molecule has 5 aromatic carbocycles. The summed E-state index contributed by atoms with van der Waals surface area (Å²) in [4.78, 5) is 10.4. The molecule has 0 bridgehead atoms. The van der Waals surface area contributed by atoms with Crippen LogP contribution in [0.2, 0.25) is 0 Å². The van der Waals surface area contributed by atoms with Gasteiger partial charge in [0.15, 0.2) is 0 Å². The Morgan fingerprint density at radius 1 is 0.700 bits per heavy atom. The van der Waals surface area contributed by atoms with Gasteiger partial charge in [-0.25, -0.2) is 0 Å². The molecule has 4 atom stereocenters. The van der Waals surface area contributed by atoms with E-state index in [1.165, 1.54) is 52.0 Å². The number of nitrogens with zero attached hydrogens (tertiary/aromatic N) is 1. The van der Waals surface area contributed by atoms with Crippen molar-refractivity contribution in [1.29, 1.82) is 0 Å². The van der Waals surface area contributed by atoms with Crippen LogP contribution in [0.5, 0.6) is 0 Å². The first-order valence-electron chi connectivity index (χ1n) is 18.0. The van der Waals surface area contributed by atoms with Crippen molar-refractivity contribution in [2.45, 2.75) is 53.3 Å². The fourth-order valence-corrected chi connectivity index (χ4v) is 17.2. The van der Waals surface area contributed by atoms with Gasteiger partial charge in [-0.15, -0.1) is 21.4 Å². The molecule has 6 aromatic rings. The molecular formula is C46H38BNS2. The van der Waals surface area contributed by atoms with Crippen molar-refractivity contribution in [3.63, 3.8) is 0 Å². The number of allylic oxidation sites excluding steroid dienone is 4. The van der Waals surface area contributed by atoms with Gasteiger partial charge in [-0.2, -0.15) is 0 Å². The molecule has 0 saturated carbocycles. The molecular weight excluding hydrogens is 641 g/mol. The number of hydrogen-bond acceptors (Lipinski definition) is 2. The Kier molecular flexibility index (Phi) is 5.76. The van der Waals surface area contributed by atoms with E-state index in [2.05, 4.69) is 178 Å². The number of para-hydroxylation sites is 1. The van der Waals surface area contributed by atoms with E-state index in [1.54, 1.807) is 21.5 Å². The van der Waals surface area contributed by atoms with Gasteiger partial charge in [0.05, 0.1) is 11.2 Å². The van der Waals surface area contributed by atoms with Crippen LogP contribution < -0.4 is 15.8 Å². The van der Waals surface area contributed by atoms with Crippen molar-refractivity contribution in [2.24, 2.45) is 11.8 Å². The maximum atomic E-state index is 2.84. The number of anilines is 2. The number of hydrogen-bond donors (Lipinski definition) is 0. The zero-order valence-corrected chi connectivity index (χ0v) is 30.5. The van der Waals surface area contributed by atoms with Crippen molar-refractivity contribution in [2.75, 3.05) is 4.90 Å². The van der Waals surface area contributed by atoms with E-state index in [0.29, 0.717) is 5.92 Å². The maximum Gasteiger partial charge on any atom is 0.245 e. The molecule has 50 heavy (non-hydrogen) atoms. The number of thiophene rings is 1. The molecule has 3 aliphatic heterocycles. The summed E-state index contributed by atoms with van der Waals surface area (Å²) < 4.78 is 1.37. The predicted octanol–water partition coefficient (Wildman–Crippen LogP) is 10.9. The quantitative estimate of drug-likeness (QED) is 0.130. The van der Waals surface area contributed by atoms with Crippen LogP contribution in [-0.4, -0.2) is 12.3 Å². The Hall–Kier alpha value is -4.51. The van der Waals surface area contributed by atoms with Crippen molar-refractivity contribution in [3.05, 3.63) is 172 Å². The summed E-state index contributed by atoms with van der Waals surface area (Å²) in [6, 6.07) is 51.3. The number of benzene rings is 5. The van der Waals surface area contributed by atoms with E-state index in [1.807, 2.05) is 11.3 Å². The Bertz CT molecular complexity index is 2490. The lowest BCUT2D eigenvalue weighted by molar-refractivity contribution is 0.454. The third-order valence-electron chi connectivity index (χ3n) is 12.7. The van der Waals surface area contributed by atoms with Gasteiger partial charge in [-0.05, 0) is 83.1 Å². The molecule has 4 unspecified atom stereocenters. The van der Waals surface area contributed by atoms with Crippen LogP contribution in [0.25, 0.3) is 10.1 Å². The van der Waals surface area contributed by atoms with Gasteiger partial charge in [0.2, 0.25) is 6.71 Å². The molecule has 0 amide bonds. The van der Waals surface area contributed by atoms with E-state index in [0.717, 1.165) is 0 Å². The first kappa shape index (κ1) is 29.2. The minimum absolute atomic E-state index is 0.167. The molecule has 1 nitrogen and oxygen atoms in total. The first-order valence-corrected chi connectivity index (χ1v) is 20.5. The highest BCUT2D eigenvalue weighted by molar-refractivity contribution is 8.37. The minimum atomic E-state index is -1.87. The summed E-state index contributed by atoms with van der Waals surface area (Å²) in [5.74, 6) is 0.606. The van der Waals surface area contributed by atoms with Crippen molar-refractivity contribution in [3.8, 4) is 0 Å². The summed E-state index contributed by atoms with van der Waals surface area (Å²) in [5, 5.41) is 1.37. The number of rotatable bonds is 2. The molecule has 0 fully saturated rings. The topological polar surface area (TPSA) is 3.24 Å². The molecule has 1 aromatic heterocycles. The monoisotopic (exact) mass is 679 g/mol. The van der Waals surface area contributed by atoms with Crippen LogP contribution >= 0.6 is 21.4 Å². The summed E-state index contributed by atoms with van der Waals surface area (Å²) in [7, 11) is -1.87. The highest BCUT2D eigenvalue weighted by atomic mass is 32.3. The second-order valence-corrected chi connectivity index (χ2v) is 19.2. The van der Waals surface area contributed by atoms with Crippen molar-refractivity contribution in [1.82, 2.24) is 0 Å². The Labute approximate surface area is 301 Å². The lowest BCUT2D eigenvalue weighted by Gasteiger charge is -2.66. The summed E-state index contributed by atoms with van der Waals surface area (Å²) in [6.07, 6.45) is 5.13. The third kappa shape index (κ3) is 3.21. The van der Waals surface area contributed by atoms with Gasteiger partial charge in [-0.1, -0.05) is 134 Å². The predicted molar refractivity (Wildman–Crippen MR) is 214 cm³/mol. The van der Waals surface area contributed by atoms with Crippen LogP contribution in [-0.2, 0) is 5.41 Å². The first-order chi connectivity index (χ1) is 24.4. The zero-order valence-electron chi connectivity index (χ0n) is 28.9. The minimum Gasteiger partial charge on any atom is -0.328 e. The lowest BCUT2D eigenvalue weighted by atomic mass is 9.29. The van der Waals surface area contributed by atoms with E-state index in [-0.39, 0.29) is 23.6 Å². The van der Waals surface area contributed by atoms with Crippen LogP contribution in [0.3, 0.4) is 0 Å². The zero-order chi connectivity index (χ0) is 33.6. The van der Waals surface area contributed by atoms with Gasteiger partial charge in [0, 0.05) is 41.8 Å². The fraction of sp³-hybridized carbons (Fsp3) is 0.174. The van der Waals surface area contributed by atoms with Crippen molar-refractivity contribution < 1.29 is 0 Å². The molecule has 2 aliphatic carbocycles. The van der Waals surface area contributed by atoms with Gasteiger partial charge in [-0.3, -0.25) is 0 Å². The van der Waals surface area contributed by atoms with Crippen molar-refractivity contribution >= 4 is 60.5 Å². The molecule has 11 rings (SSSR count). The molecule has 0 saturated heterocycles. The van der Waals surface area contributed by atoms with E-state index in [9.17, 15) is 0 Å². The Balaban J connectivity index is 1.41. The molecule has 4 heterocycles. The third-order valence-corrected chi connectivity index (χ3v) is 18.3. The molecule has 4 heteroatoms. The van der Waals surface area contributed by atoms with Gasteiger partial charge < -0.3 is 4.90 Å². The highest BCUT2D eigenvalue weighted by Crippen LogP contribution is 2.80. The lowest BCUT2D eigenvalue weighted by Crippen LogP contribution is -2.70. The Morgan fingerprint density at radius 2 is 1.32 bits per heavy atom. The summed E-state index contributed by atoms with van der Waals surface area (Å²) in [6.45, 7) is 10.4. The second kappa shape index (κ2) is 9.84. The molecule has 242 valence electrons. The van der Waals surface area contributed by atoms with Crippen LogP contribution in [0.15, 0.2) is 182 Å². The Morgan fingerprint density at radius 3 is 2.06 bits per heavy atom. The molecule has 0 N–H and O–H groups in total. The van der Waals surface area contributed by atoms with E-state index < -0.39 is 10.0 Å². The molecule has 0 radical (unpaired) electrons. The standard InChI is InChI=1S/C46H38BNS2/c1-29-27-28-45(3)42-39(29)30(2)41-43-46(42,4)48(40-33-21-11-15-25-37(33)49-44(40)45)36-24-14-12-22-34(36)47(43)35-23-13-16-26-38(35)50(41,31-17-7-5-8-18-31)32-19-9-6-10-20-32/h5-30H,1-4H3. The normalized spacial score (nSPS) is 27.0. The maximum absolute atomic E-state index is 2.84. The fourth-order valence-electron chi connectivity index (χ4n) is 11.1. The second-order valence-electron chi connectivity index (χ2n) is 15.1. The van der Waals surface area contributed by atoms with Gasteiger partial charge >= 0.3 is 0 Å². The van der Waals surface area contributed by atoms with E-state index in [4.69, 9.17) is 0 Å². The smallest absolute Gasteiger partial charge is 0.245 e. The molecule has 5 aliphatic rings. The average molecular weight is 680 g/mol. The van der Waals surface area contributed by atoms with Crippen LogP contribution in [0.4, 0.5) is 11.4 Å². The average Bonchev–Trinajstić information content (AvgIpc) is 3.55. The van der Waals surface area contributed by atoms with E-state index >= 15 is 0 Å². The van der Waals surface area contributed by atoms with Crippen LogP contribution in [0.1, 0.15) is 32.6 Å². The largest absolute Gasteiger partial charge is 0.328 e. The molecule has 0 spiro atoms. The summed E-state index contributed by atoms with van der Waals surface area (Å²) >= 11 is 2.01. The number of fused-ring (bicyclic) bond motifs is 10. The highest BCUT2D eigenvalue weighted by Gasteiger charge is 2.66. The van der Waals surface area contributed by atoms with Crippen LogP contribution in [0, 0.1) is 11.8 Å². The van der Waals surface area contributed by atoms with Gasteiger partial charge in [0.25, 0.3) is 0 Å².